The van der Waals surface area contributed by atoms with Gasteiger partial charge in [-0.15, -0.1) is 0 Å². The Labute approximate surface area is 184 Å². The number of rotatable bonds is 10. The molecular formula is C26H32N2O3. The molecule has 0 unspecified atom stereocenters. The van der Waals surface area contributed by atoms with Gasteiger partial charge in [-0.05, 0) is 63.6 Å². The van der Waals surface area contributed by atoms with Crippen LogP contribution in [0.3, 0.4) is 0 Å². The standard InChI is InChI=1S/C26H32N2O3/c1-20(2)27(21(3)4)16-17-30-24-12-10-23(11-13-24)28-15-14-25(18-26(28)29)31-19-22-8-6-5-7-9-22/h5-15,18,20-21H,16-17,19H2,1-4H3. The molecule has 1 heterocycles. The lowest BCUT2D eigenvalue weighted by Gasteiger charge is -2.30. The highest BCUT2D eigenvalue weighted by atomic mass is 16.5. The molecule has 0 bridgehead atoms. The second-order valence-electron chi connectivity index (χ2n) is 8.11. The Kier molecular flexibility index (Phi) is 7.90. The van der Waals surface area contributed by atoms with Crippen LogP contribution < -0.4 is 15.0 Å². The van der Waals surface area contributed by atoms with E-state index in [1.165, 1.54) is 6.07 Å². The normalized spacial score (nSPS) is 11.3. The average molecular weight is 421 g/mol. The van der Waals surface area contributed by atoms with Crippen LogP contribution >= 0.6 is 0 Å². The Morgan fingerprint density at radius 1 is 0.839 bits per heavy atom. The van der Waals surface area contributed by atoms with Gasteiger partial charge in [-0.1, -0.05) is 30.3 Å². The molecule has 0 saturated carbocycles. The largest absolute Gasteiger partial charge is 0.492 e. The van der Waals surface area contributed by atoms with Crippen LogP contribution in [0.25, 0.3) is 5.69 Å². The van der Waals surface area contributed by atoms with Gasteiger partial charge in [0.2, 0.25) is 0 Å². The van der Waals surface area contributed by atoms with E-state index in [0.717, 1.165) is 23.5 Å². The summed E-state index contributed by atoms with van der Waals surface area (Å²) in [4.78, 5) is 15.0. The molecule has 0 spiro atoms. The van der Waals surface area contributed by atoms with Gasteiger partial charge in [0.25, 0.3) is 5.56 Å². The van der Waals surface area contributed by atoms with Crippen LogP contribution in [-0.4, -0.2) is 34.7 Å². The highest BCUT2D eigenvalue weighted by Crippen LogP contribution is 2.16. The average Bonchev–Trinajstić information content (AvgIpc) is 2.76. The molecule has 164 valence electrons. The lowest BCUT2D eigenvalue weighted by atomic mass is 10.2. The lowest BCUT2D eigenvalue weighted by Crippen LogP contribution is -2.39. The number of hydrogen-bond donors (Lipinski definition) is 0. The smallest absolute Gasteiger partial charge is 0.258 e. The molecule has 0 radical (unpaired) electrons. The predicted octanol–water partition coefficient (Wildman–Crippen LogP) is 4.91. The summed E-state index contributed by atoms with van der Waals surface area (Å²) in [5, 5.41) is 0. The summed E-state index contributed by atoms with van der Waals surface area (Å²) in [5.41, 5.74) is 1.72. The maximum Gasteiger partial charge on any atom is 0.258 e. The summed E-state index contributed by atoms with van der Waals surface area (Å²) in [7, 11) is 0. The maximum absolute atomic E-state index is 12.6. The Balaban J connectivity index is 1.58. The van der Waals surface area contributed by atoms with E-state index < -0.39 is 0 Å². The molecule has 0 aliphatic heterocycles. The number of benzene rings is 2. The van der Waals surface area contributed by atoms with Crippen LogP contribution in [-0.2, 0) is 6.61 Å². The minimum atomic E-state index is -0.135. The quantitative estimate of drug-likeness (QED) is 0.467. The van der Waals surface area contributed by atoms with E-state index in [-0.39, 0.29) is 5.56 Å². The third-order valence-corrected chi connectivity index (χ3v) is 5.20. The van der Waals surface area contributed by atoms with Crippen molar-refractivity contribution in [2.75, 3.05) is 13.2 Å². The van der Waals surface area contributed by atoms with Gasteiger partial charge in [0, 0.05) is 36.6 Å². The summed E-state index contributed by atoms with van der Waals surface area (Å²) in [5.74, 6) is 1.36. The number of aromatic nitrogens is 1. The topological polar surface area (TPSA) is 43.7 Å². The number of hydrogen-bond acceptors (Lipinski definition) is 4. The molecule has 0 atom stereocenters. The summed E-state index contributed by atoms with van der Waals surface area (Å²) in [6.45, 7) is 10.7. The van der Waals surface area contributed by atoms with Crippen LogP contribution in [0.1, 0.15) is 33.3 Å². The molecule has 0 fully saturated rings. The van der Waals surface area contributed by atoms with Gasteiger partial charge >= 0.3 is 0 Å². The zero-order valence-electron chi connectivity index (χ0n) is 18.8. The molecule has 5 heteroatoms. The fourth-order valence-corrected chi connectivity index (χ4v) is 3.59. The fourth-order valence-electron chi connectivity index (χ4n) is 3.59. The number of nitrogens with zero attached hydrogens (tertiary/aromatic N) is 2. The first kappa shape index (κ1) is 22.6. The van der Waals surface area contributed by atoms with E-state index in [9.17, 15) is 4.79 Å². The SMILES string of the molecule is CC(C)N(CCOc1ccc(-n2ccc(OCc3ccccc3)cc2=O)cc1)C(C)C. The van der Waals surface area contributed by atoms with E-state index >= 15 is 0 Å². The van der Waals surface area contributed by atoms with Crippen LogP contribution in [0.4, 0.5) is 0 Å². The molecule has 1 aromatic heterocycles. The maximum atomic E-state index is 12.6. The van der Waals surface area contributed by atoms with Crippen molar-refractivity contribution in [3.63, 3.8) is 0 Å². The lowest BCUT2D eigenvalue weighted by molar-refractivity contribution is 0.142. The van der Waals surface area contributed by atoms with Crippen LogP contribution in [0.2, 0.25) is 0 Å². The molecule has 0 aliphatic rings. The minimum Gasteiger partial charge on any atom is -0.492 e. The van der Waals surface area contributed by atoms with Crippen molar-refractivity contribution in [3.8, 4) is 17.2 Å². The van der Waals surface area contributed by atoms with Gasteiger partial charge in [-0.25, -0.2) is 0 Å². The Morgan fingerprint density at radius 2 is 1.52 bits per heavy atom. The third kappa shape index (κ3) is 6.46. The molecule has 0 aliphatic carbocycles. The molecule has 0 N–H and O–H groups in total. The summed E-state index contributed by atoms with van der Waals surface area (Å²) in [6.07, 6.45) is 1.74. The van der Waals surface area contributed by atoms with Gasteiger partial charge in [0.05, 0.1) is 0 Å². The van der Waals surface area contributed by atoms with Gasteiger partial charge < -0.3 is 9.47 Å². The summed E-state index contributed by atoms with van der Waals surface area (Å²) in [6, 6.07) is 21.8. The van der Waals surface area contributed by atoms with Crippen LogP contribution in [0.15, 0.2) is 77.7 Å². The van der Waals surface area contributed by atoms with E-state index in [1.807, 2.05) is 54.6 Å². The monoisotopic (exact) mass is 420 g/mol. The van der Waals surface area contributed by atoms with Gasteiger partial charge in [-0.2, -0.15) is 0 Å². The van der Waals surface area contributed by atoms with Crippen molar-refractivity contribution >= 4 is 0 Å². The van der Waals surface area contributed by atoms with E-state index in [1.54, 1.807) is 16.8 Å². The molecule has 5 nitrogen and oxygen atoms in total. The van der Waals surface area contributed by atoms with Crippen molar-refractivity contribution in [2.24, 2.45) is 0 Å². The molecule has 3 rings (SSSR count). The first-order valence-corrected chi connectivity index (χ1v) is 10.8. The zero-order chi connectivity index (χ0) is 22.2. The first-order chi connectivity index (χ1) is 14.9. The van der Waals surface area contributed by atoms with Crippen LogP contribution in [0.5, 0.6) is 11.5 Å². The van der Waals surface area contributed by atoms with Crippen molar-refractivity contribution < 1.29 is 9.47 Å². The first-order valence-electron chi connectivity index (χ1n) is 10.8. The molecular weight excluding hydrogens is 388 g/mol. The Morgan fingerprint density at radius 3 is 2.13 bits per heavy atom. The van der Waals surface area contributed by atoms with Crippen molar-refractivity contribution in [1.82, 2.24) is 9.47 Å². The highest BCUT2D eigenvalue weighted by Gasteiger charge is 2.13. The Bertz CT molecular complexity index is 987. The molecule has 2 aromatic carbocycles. The Hall–Kier alpha value is -3.05. The summed E-state index contributed by atoms with van der Waals surface area (Å²) < 4.78 is 13.2. The second-order valence-corrected chi connectivity index (χ2v) is 8.11. The molecule has 0 amide bonds. The van der Waals surface area contributed by atoms with Crippen molar-refractivity contribution in [2.45, 2.75) is 46.4 Å². The number of ether oxygens (including phenoxy) is 2. The predicted molar refractivity (Wildman–Crippen MR) is 125 cm³/mol. The van der Waals surface area contributed by atoms with Crippen molar-refractivity contribution in [3.05, 3.63) is 88.8 Å². The zero-order valence-corrected chi connectivity index (χ0v) is 18.8. The number of pyridine rings is 1. The van der Waals surface area contributed by atoms with Gasteiger partial charge in [0.1, 0.15) is 24.7 Å². The second kappa shape index (κ2) is 10.8. The highest BCUT2D eigenvalue weighted by molar-refractivity contribution is 5.38. The fraction of sp³-hybridized carbons (Fsp3) is 0.346. The minimum absolute atomic E-state index is 0.135. The van der Waals surface area contributed by atoms with Crippen molar-refractivity contribution in [1.29, 1.82) is 0 Å². The third-order valence-electron chi connectivity index (χ3n) is 5.20. The van der Waals surface area contributed by atoms with E-state index in [4.69, 9.17) is 9.47 Å². The van der Waals surface area contributed by atoms with E-state index in [2.05, 4.69) is 32.6 Å². The molecule has 0 saturated heterocycles. The summed E-state index contributed by atoms with van der Waals surface area (Å²) >= 11 is 0. The van der Waals surface area contributed by atoms with Gasteiger partial charge in [-0.3, -0.25) is 14.3 Å². The van der Waals surface area contributed by atoms with Crippen LogP contribution in [0, 0.1) is 0 Å². The molecule has 31 heavy (non-hydrogen) atoms. The molecule has 3 aromatic rings. The van der Waals surface area contributed by atoms with Gasteiger partial charge in [0.15, 0.2) is 0 Å². The van der Waals surface area contributed by atoms with E-state index in [0.29, 0.717) is 31.0 Å².